The van der Waals surface area contributed by atoms with Gasteiger partial charge in [-0.1, -0.05) is 6.07 Å². The van der Waals surface area contributed by atoms with E-state index < -0.39 is 5.97 Å². The Bertz CT molecular complexity index is 608. The summed E-state index contributed by atoms with van der Waals surface area (Å²) in [7, 11) is 0. The second-order valence-corrected chi connectivity index (χ2v) is 6.05. The Morgan fingerprint density at radius 1 is 1.33 bits per heavy atom. The summed E-state index contributed by atoms with van der Waals surface area (Å²) in [5, 5.41) is 3.80. The number of nitrogens with zero attached hydrogens (tertiary/aromatic N) is 2. The van der Waals surface area contributed by atoms with Gasteiger partial charge >= 0.3 is 5.97 Å². The van der Waals surface area contributed by atoms with Gasteiger partial charge in [-0.2, -0.15) is 0 Å². The molecule has 2 aromatic rings. The van der Waals surface area contributed by atoms with Crippen molar-refractivity contribution in [2.75, 3.05) is 13.2 Å². The average Bonchev–Trinajstić information content (AvgIpc) is 3.15. The average molecular weight is 324 g/mol. The molecule has 2 rings (SSSR count). The number of hydrogen-bond donors (Lipinski definition) is 0. The summed E-state index contributed by atoms with van der Waals surface area (Å²) in [6.07, 6.45) is 0. The zero-order valence-electron chi connectivity index (χ0n) is 11.9. The highest BCUT2D eigenvalue weighted by Crippen LogP contribution is 2.16. The molecule has 0 radical (unpaired) electrons. The number of ether oxygens (including phenoxy) is 1. The van der Waals surface area contributed by atoms with E-state index in [1.807, 2.05) is 24.4 Å². The largest absolute Gasteiger partial charge is 0.461 e. The van der Waals surface area contributed by atoms with Crippen LogP contribution in [0.4, 0.5) is 0 Å². The molecule has 112 valence electrons. The minimum absolute atomic E-state index is 0.169. The van der Waals surface area contributed by atoms with Crippen molar-refractivity contribution in [1.29, 1.82) is 0 Å². The molecule has 0 saturated carbocycles. The van der Waals surface area contributed by atoms with Gasteiger partial charge in [0.1, 0.15) is 5.69 Å². The Balaban J connectivity index is 2.09. The maximum Gasteiger partial charge on any atom is 0.367 e. The Hall–Kier alpha value is -1.73. The Morgan fingerprint density at radius 3 is 2.76 bits per heavy atom. The summed E-state index contributed by atoms with van der Waals surface area (Å²) in [5.41, 5.74) is 0.293. The summed E-state index contributed by atoms with van der Waals surface area (Å²) < 4.78 is 4.88. The van der Waals surface area contributed by atoms with Crippen molar-refractivity contribution in [3.63, 3.8) is 0 Å². The molecule has 0 aliphatic rings. The third kappa shape index (κ3) is 3.89. The first-order valence-corrected chi connectivity index (χ1v) is 8.36. The van der Waals surface area contributed by atoms with Crippen LogP contribution in [0.15, 0.2) is 22.9 Å². The van der Waals surface area contributed by atoms with Crippen LogP contribution in [0.1, 0.15) is 39.0 Å². The number of hydrogen-bond acceptors (Lipinski definition) is 6. The first-order chi connectivity index (χ1) is 10.2. The molecule has 0 N–H and O–H groups in total. The van der Waals surface area contributed by atoms with E-state index >= 15 is 0 Å². The number of amides is 1. The molecular weight excluding hydrogens is 308 g/mol. The molecule has 0 aliphatic heterocycles. The minimum Gasteiger partial charge on any atom is -0.461 e. The predicted molar refractivity (Wildman–Crippen MR) is 82.8 cm³/mol. The van der Waals surface area contributed by atoms with Crippen LogP contribution in [-0.2, 0) is 11.3 Å². The van der Waals surface area contributed by atoms with Gasteiger partial charge in [-0.25, -0.2) is 9.78 Å². The highest BCUT2D eigenvalue weighted by Gasteiger charge is 2.20. The van der Waals surface area contributed by atoms with Crippen molar-refractivity contribution < 1.29 is 14.3 Å². The fourth-order valence-electron chi connectivity index (χ4n) is 1.74. The van der Waals surface area contributed by atoms with Gasteiger partial charge in [0.05, 0.1) is 13.2 Å². The molecule has 0 aliphatic carbocycles. The molecule has 0 aromatic carbocycles. The fourth-order valence-corrected chi connectivity index (χ4v) is 3.14. The van der Waals surface area contributed by atoms with Crippen molar-refractivity contribution in [1.82, 2.24) is 9.88 Å². The Morgan fingerprint density at radius 2 is 2.14 bits per heavy atom. The second-order valence-electron chi connectivity index (χ2n) is 4.16. The number of carbonyl (C=O) groups excluding carboxylic acids is 2. The quantitative estimate of drug-likeness (QED) is 0.766. The van der Waals surface area contributed by atoms with Crippen molar-refractivity contribution in [2.45, 2.75) is 20.4 Å². The van der Waals surface area contributed by atoms with Crippen LogP contribution in [0.25, 0.3) is 0 Å². The molecule has 0 unspecified atom stereocenters. The molecule has 0 fully saturated rings. The summed E-state index contributed by atoms with van der Waals surface area (Å²) in [6.45, 7) is 5.09. The van der Waals surface area contributed by atoms with E-state index in [4.69, 9.17) is 4.74 Å². The molecule has 0 saturated heterocycles. The highest BCUT2D eigenvalue weighted by molar-refractivity contribution is 7.11. The van der Waals surface area contributed by atoms with Gasteiger partial charge in [0, 0.05) is 16.8 Å². The van der Waals surface area contributed by atoms with E-state index in [2.05, 4.69) is 4.98 Å². The molecule has 1 amide bonds. The Labute approximate surface area is 131 Å². The molecule has 21 heavy (non-hydrogen) atoms. The van der Waals surface area contributed by atoms with Crippen LogP contribution in [0.5, 0.6) is 0 Å². The topological polar surface area (TPSA) is 59.5 Å². The monoisotopic (exact) mass is 324 g/mol. The summed E-state index contributed by atoms with van der Waals surface area (Å²) >= 11 is 2.74. The number of esters is 1. The first kappa shape index (κ1) is 15.7. The molecule has 0 bridgehead atoms. The lowest BCUT2D eigenvalue weighted by molar-refractivity contribution is 0.0526. The zero-order chi connectivity index (χ0) is 15.2. The van der Waals surface area contributed by atoms with Crippen LogP contribution in [0.3, 0.4) is 0 Å². The van der Waals surface area contributed by atoms with Gasteiger partial charge in [-0.3, -0.25) is 4.79 Å². The van der Waals surface area contributed by atoms with E-state index in [0.29, 0.717) is 25.4 Å². The van der Waals surface area contributed by atoms with Crippen LogP contribution in [-0.4, -0.2) is 34.9 Å². The maximum atomic E-state index is 12.4. The summed E-state index contributed by atoms with van der Waals surface area (Å²) in [5.74, 6) is -0.652. The van der Waals surface area contributed by atoms with Gasteiger partial charge < -0.3 is 9.64 Å². The third-order valence-electron chi connectivity index (χ3n) is 2.77. The number of carbonyl (C=O) groups is 2. The molecule has 7 heteroatoms. The van der Waals surface area contributed by atoms with E-state index in [1.165, 1.54) is 0 Å². The van der Waals surface area contributed by atoms with Gasteiger partial charge in [-0.05, 0) is 25.3 Å². The standard InChI is InChI=1S/C14H16N2O3S2/c1-3-16(8-10-6-5-7-20-10)13(17)11-9-21-12(15-11)14(18)19-4-2/h5-7,9H,3-4,8H2,1-2H3. The Kier molecular flexibility index (Phi) is 5.46. The van der Waals surface area contributed by atoms with Crippen molar-refractivity contribution in [2.24, 2.45) is 0 Å². The molecular formula is C14H16N2O3S2. The van der Waals surface area contributed by atoms with Crippen molar-refractivity contribution >= 4 is 34.6 Å². The van der Waals surface area contributed by atoms with Gasteiger partial charge in [0.25, 0.3) is 5.91 Å². The van der Waals surface area contributed by atoms with Crippen LogP contribution in [0.2, 0.25) is 0 Å². The molecule has 2 heterocycles. The van der Waals surface area contributed by atoms with E-state index in [9.17, 15) is 9.59 Å². The van der Waals surface area contributed by atoms with E-state index in [1.54, 1.807) is 28.5 Å². The van der Waals surface area contributed by atoms with Crippen molar-refractivity contribution in [3.8, 4) is 0 Å². The molecule has 0 spiro atoms. The van der Waals surface area contributed by atoms with Crippen LogP contribution >= 0.6 is 22.7 Å². The van der Waals surface area contributed by atoms with Crippen molar-refractivity contribution in [3.05, 3.63) is 38.5 Å². The van der Waals surface area contributed by atoms with E-state index in [0.717, 1.165) is 16.2 Å². The summed E-state index contributed by atoms with van der Waals surface area (Å²) in [4.78, 5) is 30.9. The minimum atomic E-state index is -0.483. The third-order valence-corrected chi connectivity index (χ3v) is 4.45. The van der Waals surface area contributed by atoms with Gasteiger partial charge in [0.2, 0.25) is 5.01 Å². The lowest BCUT2D eigenvalue weighted by Crippen LogP contribution is -2.30. The maximum absolute atomic E-state index is 12.4. The molecule has 5 nitrogen and oxygen atoms in total. The predicted octanol–water partition coefficient (Wildman–Crippen LogP) is 3.04. The smallest absolute Gasteiger partial charge is 0.367 e. The van der Waals surface area contributed by atoms with E-state index in [-0.39, 0.29) is 10.9 Å². The van der Waals surface area contributed by atoms with Gasteiger partial charge in [0.15, 0.2) is 0 Å². The number of thiazole rings is 1. The lowest BCUT2D eigenvalue weighted by atomic mass is 10.3. The normalized spacial score (nSPS) is 10.4. The molecule has 2 aromatic heterocycles. The number of rotatable bonds is 6. The number of thiophene rings is 1. The SMILES string of the molecule is CCOC(=O)c1nc(C(=O)N(CC)Cc2cccs2)cs1. The zero-order valence-corrected chi connectivity index (χ0v) is 13.5. The number of aromatic nitrogens is 1. The molecule has 0 atom stereocenters. The summed E-state index contributed by atoms with van der Waals surface area (Å²) in [6, 6.07) is 3.95. The second kappa shape index (κ2) is 7.33. The van der Waals surface area contributed by atoms with Crippen LogP contribution in [0, 0.1) is 0 Å². The fraction of sp³-hybridized carbons (Fsp3) is 0.357. The van der Waals surface area contributed by atoms with Gasteiger partial charge in [-0.15, -0.1) is 22.7 Å². The van der Waals surface area contributed by atoms with Crippen LogP contribution < -0.4 is 0 Å². The first-order valence-electron chi connectivity index (χ1n) is 6.60. The lowest BCUT2D eigenvalue weighted by Gasteiger charge is -2.18. The highest BCUT2D eigenvalue weighted by atomic mass is 32.1.